The first-order valence-electron chi connectivity index (χ1n) is 6.08. The summed E-state index contributed by atoms with van der Waals surface area (Å²) in [5.74, 6) is 0.402. The molecule has 0 fully saturated rings. The van der Waals surface area contributed by atoms with Crippen molar-refractivity contribution in [2.45, 2.75) is 6.92 Å². The summed E-state index contributed by atoms with van der Waals surface area (Å²) in [4.78, 5) is 11.4. The third-order valence-electron chi connectivity index (χ3n) is 2.38. The number of amides is 1. The highest BCUT2D eigenvalue weighted by atomic mass is 16.5. The number of H-pyrrole nitrogens is 1. The van der Waals surface area contributed by atoms with Gasteiger partial charge in [0.05, 0.1) is 12.3 Å². The van der Waals surface area contributed by atoms with Gasteiger partial charge in [-0.2, -0.15) is 10.2 Å². The average molecular weight is 290 g/mol. The second kappa shape index (κ2) is 6.37. The fourth-order valence-electron chi connectivity index (χ4n) is 1.43. The Morgan fingerprint density at radius 1 is 1.43 bits per heavy atom. The van der Waals surface area contributed by atoms with Crippen LogP contribution in [0.3, 0.4) is 0 Å². The number of nitrogens with one attached hydrogen (secondary N) is 2. The van der Waals surface area contributed by atoms with E-state index in [9.17, 15) is 9.90 Å². The molecule has 0 aliphatic rings. The number of phenolic OH excluding ortho intramolecular Hbond substituents is 1. The molecule has 1 aromatic heterocycles. The number of phenols is 1. The number of aromatic nitrogens is 2. The van der Waals surface area contributed by atoms with Crippen LogP contribution in [0.5, 0.6) is 5.75 Å². The molecular formula is C12H14N6O3. The summed E-state index contributed by atoms with van der Waals surface area (Å²) in [6.45, 7) is 1.92. The van der Waals surface area contributed by atoms with E-state index in [0.29, 0.717) is 5.69 Å². The third-order valence-corrected chi connectivity index (χ3v) is 2.38. The summed E-state index contributed by atoms with van der Waals surface area (Å²) >= 11 is 0. The van der Waals surface area contributed by atoms with Gasteiger partial charge in [0.2, 0.25) is 0 Å². The number of ether oxygens (including phenoxy) is 1. The van der Waals surface area contributed by atoms with Gasteiger partial charge in [0.15, 0.2) is 11.5 Å². The molecular weight excluding hydrogens is 276 g/mol. The Balaban J connectivity index is 2.17. The Kier molecular flexibility index (Phi) is 4.34. The second-order valence-corrected chi connectivity index (χ2v) is 3.90. The number of rotatable bonds is 4. The molecule has 0 unspecified atom stereocenters. The molecule has 9 heteroatoms. The van der Waals surface area contributed by atoms with Gasteiger partial charge in [-0.05, 0) is 31.2 Å². The summed E-state index contributed by atoms with van der Waals surface area (Å²) in [5.41, 5.74) is 6.38. The molecule has 0 saturated carbocycles. The summed E-state index contributed by atoms with van der Waals surface area (Å²) in [6.07, 6.45) is -0.662. The van der Waals surface area contributed by atoms with Crippen LogP contribution in [0.2, 0.25) is 0 Å². The molecule has 0 spiro atoms. The van der Waals surface area contributed by atoms with Crippen molar-refractivity contribution in [3.05, 3.63) is 24.3 Å². The van der Waals surface area contributed by atoms with E-state index in [1.54, 1.807) is 19.1 Å². The number of nitrogens with two attached hydrogens (primary N) is 1. The Labute approximate surface area is 119 Å². The number of benzene rings is 1. The number of hydrogen-bond acceptors (Lipinski definition) is 7. The lowest BCUT2D eigenvalue weighted by atomic mass is 10.3. The van der Waals surface area contributed by atoms with E-state index in [1.165, 1.54) is 12.1 Å². The molecule has 1 amide bonds. The van der Waals surface area contributed by atoms with Crippen molar-refractivity contribution in [3.8, 4) is 5.75 Å². The highest BCUT2D eigenvalue weighted by Gasteiger charge is 2.14. The highest BCUT2D eigenvalue weighted by Crippen LogP contribution is 2.30. The standard InChI is InChI=1S/C12H14N6O3/c1-2-21-12(20)14-11-9(10(13)17-18-11)16-15-7-3-5-8(19)6-4-7/h3-6,19H,2H2,1H3,(H4,13,14,17,18,20). The lowest BCUT2D eigenvalue weighted by Crippen LogP contribution is -2.13. The molecule has 0 saturated heterocycles. The van der Waals surface area contributed by atoms with Gasteiger partial charge in [0, 0.05) is 0 Å². The molecule has 1 heterocycles. The van der Waals surface area contributed by atoms with E-state index in [0.717, 1.165) is 0 Å². The normalized spacial score (nSPS) is 10.7. The number of carbonyl (C=O) groups is 1. The maximum Gasteiger partial charge on any atom is 0.412 e. The summed E-state index contributed by atoms with van der Waals surface area (Å²) in [5, 5.41) is 25.8. The summed E-state index contributed by atoms with van der Waals surface area (Å²) in [6, 6.07) is 6.11. The fraction of sp³-hybridized carbons (Fsp3) is 0.167. The number of azo groups is 1. The zero-order valence-electron chi connectivity index (χ0n) is 11.2. The minimum Gasteiger partial charge on any atom is -0.508 e. The first kappa shape index (κ1) is 14.3. The van der Waals surface area contributed by atoms with E-state index >= 15 is 0 Å². The second-order valence-electron chi connectivity index (χ2n) is 3.90. The van der Waals surface area contributed by atoms with Gasteiger partial charge in [0.1, 0.15) is 11.6 Å². The fourth-order valence-corrected chi connectivity index (χ4v) is 1.43. The van der Waals surface area contributed by atoms with Crippen LogP contribution in [0.1, 0.15) is 6.92 Å². The maximum atomic E-state index is 11.4. The van der Waals surface area contributed by atoms with Gasteiger partial charge >= 0.3 is 6.09 Å². The van der Waals surface area contributed by atoms with Crippen LogP contribution >= 0.6 is 0 Å². The lowest BCUT2D eigenvalue weighted by molar-refractivity contribution is 0.168. The topological polar surface area (TPSA) is 138 Å². The van der Waals surface area contributed by atoms with Crippen LogP contribution in [-0.2, 0) is 4.74 Å². The van der Waals surface area contributed by atoms with Gasteiger partial charge in [0.25, 0.3) is 0 Å². The quantitative estimate of drug-likeness (QED) is 0.641. The molecule has 110 valence electrons. The number of aromatic amines is 1. The largest absolute Gasteiger partial charge is 0.508 e. The number of aromatic hydroxyl groups is 1. The smallest absolute Gasteiger partial charge is 0.412 e. The Morgan fingerprint density at radius 3 is 2.81 bits per heavy atom. The molecule has 0 atom stereocenters. The van der Waals surface area contributed by atoms with Crippen LogP contribution in [0.4, 0.5) is 27.8 Å². The molecule has 21 heavy (non-hydrogen) atoms. The van der Waals surface area contributed by atoms with E-state index in [4.69, 9.17) is 10.5 Å². The van der Waals surface area contributed by atoms with Gasteiger partial charge in [-0.3, -0.25) is 10.4 Å². The SMILES string of the molecule is CCOC(=O)Nc1n[nH]c(N)c1N=Nc1ccc(O)cc1. The van der Waals surface area contributed by atoms with Crippen molar-refractivity contribution in [3.63, 3.8) is 0 Å². The Bertz CT molecular complexity index is 650. The van der Waals surface area contributed by atoms with Gasteiger partial charge in [-0.15, -0.1) is 5.11 Å². The van der Waals surface area contributed by atoms with Crippen molar-refractivity contribution in [1.29, 1.82) is 0 Å². The number of nitrogens with zero attached hydrogens (tertiary/aromatic N) is 3. The molecule has 1 aromatic carbocycles. The molecule has 9 nitrogen and oxygen atoms in total. The lowest BCUT2D eigenvalue weighted by Gasteiger charge is -2.02. The predicted octanol–water partition coefficient (Wildman–Crippen LogP) is 2.68. The van der Waals surface area contributed by atoms with Crippen LogP contribution < -0.4 is 11.1 Å². The Hall–Kier alpha value is -3.10. The molecule has 0 radical (unpaired) electrons. The molecule has 2 aromatic rings. The number of carbonyl (C=O) groups excluding carboxylic acids is 1. The van der Waals surface area contributed by atoms with Gasteiger partial charge in [-0.1, -0.05) is 0 Å². The first-order valence-corrected chi connectivity index (χ1v) is 6.08. The number of hydrogen-bond donors (Lipinski definition) is 4. The van der Waals surface area contributed by atoms with Crippen molar-refractivity contribution in [2.24, 2.45) is 10.2 Å². The van der Waals surface area contributed by atoms with E-state index in [2.05, 4.69) is 25.7 Å². The van der Waals surface area contributed by atoms with Crippen molar-refractivity contribution >= 4 is 29.1 Å². The zero-order valence-corrected chi connectivity index (χ0v) is 11.2. The molecule has 2 rings (SSSR count). The van der Waals surface area contributed by atoms with Crippen LogP contribution in [0, 0.1) is 0 Å². The highest BCUT2D eigenvalue weighted by molar-refractivity contribution is 5.89. The minimum atomic E-state index is -0.662. The minimum absolute atomic E-state index is 0.119. The number of nitrogen functional groups attached to an aromatic ring is 1. The zero-order chi connectivity index (χ0) is 15.2. The van der Waals surface area contributed by atoms with E-state index < -0.39 is 6.09 Å². The molecule has 0 aliphatic heterocycles. The van der Waals surface area contributed by atoms with Crippen molar-refractivity contribution < 1.29 is 14.6 Å². The van der Waals surface area contributed by atoms with Crippen LogP contribution in [-0.4, -0.2) is 28.0 Å². The van der Waals surface area contributed by atoms with Crippen molar-refractivity contribution in [1.82, 2.24) is 10.2 Å². The van der Waals surface area contributed by atoms with E-state index in [1.807, 2.05) is 0 Å². The predicted molar refractivity (Wildman–Crippen MR) is 75.9 cm³/mol. The van der Waals surface area contributed by atoms with Crippen LogP contribution in [0.25, 0.3) is 0 Å². The molecule has 0 aliphatic carbocycles. The van der Waals surface area contributed by atoms with Gasteiger partial charge in [-0.25, -0.2) is 4.79 Å². The number of anilines is 2. The van der Waals surface area contributed by atoms with Crippen LogP contribution in [0.15, 0.2) is 34.5 Å². The summed E-state index contributed by atoms with van der Waals surface area (Å²) in [7, 11) is 0. The molecule has 0 bridgehead atoms. The summed E-state index contributed by atoms with van der Waals surface area (Å²) < 4.78 is 4.74. The Morgan fingerprint density at radius 2 is 2.14 bits per heavy atom. The van der Waals surface area contributed by atoms with E-state index in [-0.39, 0.29) is 29.7 Å². The first-order chi connectivity index (χ1) is 10.1. The third kappa shape index (κ3) is 3.69. The van der Waals surface area contributed by atoms with Gasteiger partial charge < -0.3 is 15.6 Å². The maximum absolute atomic E-state index is 11.4. The average Bonchev–Trinajstić information content (AvgIpc) is 2.79. The van der Waals surface area contributed by atoms with Crippen molar-refractivity contribution in [2.75, 3.05) is 17.7 Å². The molecule has 5 N–H and O–H groups in total. The monoisotopic (exact) mass is 290 g/mol.